The van der Waals surface area contributed by atoms with Gasteiger partial charge in [0.2, 0.25) is 0 Å². The van der Waals surface area contributed by atoms with Crippen LogP contribution in [-0.4, -0.2) is 19.4 Å². The lowest BCUT2D eigenvalue weighted by Gasteiger charge is -2.14. The van der Waals surface area contributed by atoms with Crippen molar-refractivity contribution >= 4 is 62.0 Å². The summed E-state index contributed by atoms with van der Waals surface area (Å²) in [5, 5.41) is 16.4. The molecule has 0 spiro atoms. The van der Waals surface area contributed by atoms with Crippen molar-refractivity contribution in [1.29, 1.82) is 0 Å². The summed E-state index contributed by atoms with van der Waals surface area (Å²) in [5.74, 6) is 0. The van der Waals surface area contributed by atoms with Gasteiger partial charge in [0.25, 0.3) is 15.7 Å². The van der Waals surface area contributed by atoms with E-state index in [0.29, 0.717) is 0 Å². The number of anilines is 3. The van der Waals surface area contributed by atoms with Gasteiger partial charge in [-0.15, -0.1) is 0 Å². The summed E-state index contributed by atoms with van der Waals surface area (Å²) in [6, 6.07) is 14.6. The van der Waals surface area contributed by atoms with Gasteiger partial charge in [-0.25, -0.2) is 13.2 Å². The first-order valence-electron chi connectivity index (χ1n) is 8.56. The highest BCUT2D eigenvalue weighted by atomic mass is 35.5. The van der Waals surface area contributed by atoms with Crippen LogP contribution in [0.5, 0.6) is 0 Å². The maximum Gasteiger partial charge on any atom is 0.323 e. The highest BCUT2D eigenvalue weighted by Crippen LogP contribution is 2.31. The van der Waals surface area contributed by atoms with E-state index in [0.717, 1.165) is 12.1 Å². The van der Waals surface area contributed by atoms with Crippen LogP contribution in [0, 0.1) is 10.1 Å². The Labute approximate surface area is 187 Å². The third-order valence-electron chi connectivity index (χ3n) is 3.96. The Morgan fingerprint density at radius 2 is 1.55 bits per heavy atom. The Balaban J connectivity index is 1.90. The van der Waals surface area contributed by atoms with Crippen molar-refractivity contribution in [2.24, 2.45) is 0 Å². The summed E-state index contributed by atoms with van der Waals surface area (Å²) in [6.07, 6.45) is 0. The Morgan fingerprint density at radius 1 is 0.871 bits per heavy atom. The molecule has 3 rings (SSSR count). The number of urea groups is 1. The maximum atomic E-state index is 12.7. The largest absolute Gasteiger partial charge is 0.323 e. The molecule has 0 heterocycles. The summed E-state index contributed by atoms with van der Waals surface area (Å²) >= 11 is 12.0. The van der Waals surface area contributed by atoms with Crippen LogP contribution in [0.15, 0.2) is 71.6 Å². The van der Waals surface area contributed by atoms with Crippen LogP contribution in [0.4, 0.5) is 27.5 Å². The van der Waals surface area contributed by atoms with Gasteiger partial charge >= 0.3 is 6.03 Å². The minimum Gasteiger partial charge on any atom is -0.306 e. The van der Waals surface area contributed by atoms with Crippen molar-refractivity contribution in [1.82, 2.24) is 0 Å². The third-order valence-corrected chi connectivity index (χ3v) is 6.16. The predicted octanol–water partition coefficient (Wildman–Crippen LogP) is 5.35. The molecule has 0 atom stereocenters. The molecule has 31 heavy (non-hydrogen) atoms. The molecule has 0 fully saturated rings. The van der Waals surface area contributed by atoms with E-state index in [1.165, 1.54) is 36.4 Å². The van der Waals surface area contributed by atoms with E-state index in [1.54, 1.807) is 18.2 Å². The molecule has 0 aliphatic carbocycles. The van der Waals surface area contributed by atoms with Crippen molar-refractivity contribution in [3.63, 3.8) is 0 Å². The Kier molecular flexibility index (Phi) is 6.64. The normalized spacial score (nSPS) is 10.9. The Hall–Kier alpha value is -3.34. The molecule has 0 saturated heterocycles. The number of amides is 2. The number of nitrogens with one attached hydrogen (secondary N) is 3. The van der Waals surface area contributed by atoms with Crippen molar-refractivity contribution in [3.8, 4) is 0 Å². The highest BCUT2D eigenvalue weighted by Gasteiger charge is 2.20. The number of hydrogen-bond donors (Lipinski definition) is 3. The molecule has 3 N–H and O–H groups in total. The van der Waals surface area contributed by atoms with Gasteiger partial charge in [-0.1, -0.05) is 47.5 Å². The number of hydrogen-bond acceptors (Lipinski definition) is 5. The molecule has 9 nitrogen and oxygen atoms in total. The minimum absolute atomic E-state index is 0.0132. The van der Waals surface area contributed by atoms with Crippen LogP contribution in [0.2, 0.25) is 10.0 Å². The van der Waals surface area contributed by atoms with E-state index >= 15 is 0 Å². The second kappa shape index (κ2) is 9.21. The molecule has 12 heteroatoms. The zero-order valence-corrected chi connectivity index (χ0v) is 17.8. The molecule has 3 aromatic rings. The molecule has 160 valence electrons. The number of nitro groups is 1. The van der Waals surface area contributed by atoms with Gasteiger partial charge in [0.15, 0.2) is 0 Å². The Bertz CT molecular complexity index is 1250. The fraction of sp³-hybridized carbons (Fsp3) is 0. The highest BCUT2D eigenvalue weighted by molar-refractivity contribution is 7.92. The smallest absolute Gasteiger partial charge is 0.306 e. The van der Waals surface area contributed by atoms with E-state index in [9.17, 15) is 23.3 Å². The van der Waals surface area contributed by atoms with Gasteiger partial charge in [0.1, 0.15) is 0 Å². The van der Waals surface area contributed by atoms with Gasteiger partial charge in [-0.05, 0) is 30.3 Å². The molecule has 3 aromatic carbocycles. The molecule has 0 radical (unpaired) electrons. The summed E-state index contributed by atoms with van der Waals surface area (Å²) < 4.78 is 27.6. The van der Waals surface area contributed by atoms with E-state index < -0.39 is 21.0 Å². The number of carbonyl (C=O) groups excluding carboxylic acids is 1. The topological polar surface area (TPSA) is 130 Å². The van der Waals surface area contributed by atoms with Crippen LogP contribution >= 0.6 is 23.2 Å². The van der Waals surface area contributed by atoms with Gasteiger partial charge in [-0.3, -0.25) is 14.8 Å². The van der Waals surface area contributed by atoms with Crippen molar-refractivity contribution in [2.75, 3.05) is 15.4 Å². The monoisotopic (exact) mass is 480 g/mol. The number of nitro benzene ring substituents is 1. The second-order valence-corrected chi connectivity index (χ2v) is 8.55. The number of halogens is 2. The fourth-order valence-electron chi connectivity index (χ4n) is 2.52. The first kappa shape index (κ1) is 22.3. The Morgan fingerprint density at radius 3 is 2.23 bits per heavy atom. The third kappa shape index (κ3) is 5.43. The van der Waals surface area contributed by atoms with Crippen LogP contribution in [-0.2, 0) is 10.0 Å². The van der Waals surface area contributed by atoms with Gasteiger partial charge < -0.3 is 10.6 Å². The summed E-state index contributed by atoms with van der Waals surface area (Å²) in [7, 11) is -4.07. The lowest BCUT2D eigenvalue weighted by molar-refractivity contribution is -0.384. The number of non-ortho nitro benzene ring substituents is 1. The van der Waals surface area contributed by atoms with Crippen LogP contribution in [0.3, 0.4) is 0 Å². The van der Waals surface area contributed by atoms with Gasteiger partial charge in [0.05, 0.1) is 36.9 Å². The average Bonchev–Trinajstić information content (AvgIpc) is 2.73. The van der Waals surface area contributed by atoms with Gasteiger partial charge in [0, 0.05) is 12.1 Å². The van der Waals surface area contributed by atoms with E-state index in [-0.39, 0.29) is 37.7 Å². The first-order valence-corrected chi connectivity index (χ1v) is 10.8. The molecule has 0 aliphatic rings. The van der Waals surface area contributed by atoms with Crippen molar-refractivity contribution < 1.29 is 18.1 Å². The van der Waals surface area contributed by atoms with Crippen molar-refractivity contribution in [2.45, 2.75) is 4.90 Å². The zero-order valence-electron chi connectivity index (χ0n) is 15.5. The first-order chi connectivity index (χ1) is 14.7. The SMILES string of the molecule is O=C(Nc1ccc([N+](=O)[O-])cc1NS(=O)(=O)c1ccccc1)Nc1cccc(Cl)c1Cl. The van der Waals surface area contributed by atoms with E-state index in [1.807, 2.05) is 0 Å². The predicted molar refractivity (Wildman–Crippen MR) is 119 cm³/mol. The number of sulfonamides is 1. The molecule has 0 unspecified atom stereocenters. The number of carbonyl (C=O) groups is 1. The number of nitrogens with zero attached hydrogens (tertiary/aromatic N) is 1. The number of benzene rings is 3. The quantitative estimate of drug-likeness (QED) is 0.323. The molecular weight excluding hydrogens is 467 g/mol. The average molecular weight is 481 g/mol. The fourth-order valence-corrected chi connectivity index (χ4v) is 3.96. The van der Waals surface area contributed by atoms with Crippen LogP contribution in [0.1, 0.15) is 0 Å². The van der Waals surface area contributed by atoms with Gasteiger partial charge in [-0.2, -0.15) is 0 Å². The van der Waals surface area contributed by atoms with Crippen molar-refractivity contribution in [3.05, 3.63) is 86.9 Å². The van der Waals surface area contributed by atoms with E-state index in [4.69, 9.17) is 23.2 Å². The second-order valence-electron chi connectivity index (χ2n) is 6.09. The molecule has 0 aromatic heterocycles. The zero-order chi connectivity index (χ0) is 22.6. The standard InChI is InChI=1S/C19H14Cl2N4O5S/c20-14-7-4-8-16(18(14)21)23-19(26)22-15-10-9-12(25(27)28)11-17(15)24-31(29,30)13-5-2-1-3-6-13/h1-11,24H,(H2,22,23,26). The maximum absolute atomic E-state index is 12.7. The summed E-state index contributed by atoms with van der Waals surface area (Å²) in [6.45, 7) is 0. The minimum atomic E-state index is -4.07. The molecule has 0 bridgehead atoms. The van der Waals surface area contributed by atoms with Crippen LogP contribution < -0.4 is 15.4 Å². The summed E-state index contributed by atoms with van der Waals surface area (Å²) in [4.78, 5) is 22.8. The molecule has 0 aliphatic heterocycles. The molecular formula is C19H14Cl2N4O5S. The lowest BCUT2D eigenvalue weighted by atomic mass is 10.2. The molecule has 0 saturated carbocycles. The van der Waals surface area contributed by atoms with Crippen LogP contribution in [0.25, 0.3) is 0 Å². The summed E-state index contributed by atoms with van der Waals surface area (Å²) in [5.41, 5.74) is -0.347. The van der Waals surface area contributed by atoms with E-state index in [2.05, 4.69) is 15.4 Å². The lowest BCUT2D eigenvalue weighted by Crippen LogP contribution is -2.21. The molecule has 2 amide bonds. The number of rotatable bonds is 6.